The molecule has 0 saturated carbocycles. The normalized spacial score (nSPS) is 11.1. The van der Waals surface area contributed by atoms with Crippen molar-refractivity contribution in [2.24, 2.45) is 10.2 Å². The molecule has 0 bridgehead atoms. The summed E-state index contributed by atoms with van der Waals surface area (Å²) in [5, 5.41) is 11.8. The number of amides is 1. The summed E-state index contributed by atoms with van der Waals surface area (Å²) < 4.78 is 10.9. The van der Waals surface area contributed by atoms with Crippen LogP contribution in [0.3, 0.4) is 0 Å². The van der Waals surface area contributed by atoms with Gasteiger partial charge in [0.1, 0.15) is 22.6 Å². The summed E-state index contributed by atoms with van der Waals surface area (Å²) in [5.74, 6) is 0.101. The van der Waals surface area contributed by atoms with E-state index in [4.69, 9.17) is 9.15 Å². The van der Waals surface area contributed by atoms with Gasteiger partial charge >= 0.3 is 5.63 Å². The smallest absolute Gasteiger partial charge is 0.349 e. The number of hydrogen-bond donors (Lipinski definition) is 1. The Balaban J connectivity index is 1.63. The van der Waals surface area contributed by atoms with Gasteiger partial charge in [0.15, 0.2) is 0 Å². The van der Waals surface area contributed by atoms with Gasteiger partial charge in [-0.3, -0.25) is 4.79 Å². The molecule has 0 aliphatic heterocycles. The second-order valence-electron chi connectivity index (χ2n) is 7.09. The van der Waals surface area contributed by atoms with Gasteiger partial charge in [0.05, 0.1) is 12.3 Å². The molecule has 7 heteroatoms. The fourth-order valence-electron chi connectivity index (χ4n) is 3.18. The van der Waals surface area contributed by atoms with Crippen LogP contribution in [-0.2, 0) is 0 Å². The molecule has 0 spiro atoms. The molecule has 0 radical (unpaired) electrons. The number of hydrogen-bond acceptors (Lipinski definition) is 6. The van der Waals surface area contributed by atoms with E-state index in [-0.39, 0.29) is 5.56 Å². The van der Waals surface area contributed by atoms with Crippen LogP contribution in [0.15, 0.2) is 92.2 Å². The number of ether oxygens (including phenoxy) is 1. The third kappa shape index (κ3) is 4.73. The standard InChI is InChI=1S/C25H21N3O4/c1-3-31-23-10-5-4-9-21(23)28-27-19-11-12-22-17(14-19)15-20(25(30)32-22)24(29)26-18-8-6-7-16(2)13-18/h4-15H,3H2,1-2H3,(H,26,29). The molecule has 0 unspecified atom stereocenters. The van der Waals surface area contributed by atoms with Crippen LogP contribution in [0.5, 0.6) is 5.75 Å². The SMILES string of the molecule is CCOc1ccccc1N=Nc1ccc2oc(=O)c(C(=O)Nc3cccc(C)c3)cc2c1. The number of anilines is 1. The number of carbonyl (C=O) groups is 1. The zero-order chi connectivity index (χ0) is 22.5. The van der Waals surface area contributed by atoms with E-state index in [2.05, 4.69) is 15.5 Å². The number of rotatable bonds is 6. The number of para-hydroxylation sites is 1. The summed E-state index contributed by atoms with van der Waals surface area (Å²) in [6.07, 6.45) is 0. The highest BCUT2D eigenvalue weighted by molar-refractivity contribution is 6.05. The molecule has 1 aromatic heterocycles. The number of aryl methyl sites for hydroxylation is 1. The van der Waals surface area contributed by atoms with E-state index in [0.717, 1.165) is 5.56 Å². The highest BCUT2D eigenvalue weighted by Gasteiger charge is 2.14. The van der Waals surface area contributed by atoms with E-state index in [0.29, 0.717) is 40.4 Å². The minimum atomic E-state index is -0.706. The third-order valence-electron chi connectivity index (χ3n) is 4.67. The van der Waals surface area contributed by atoms with E-state index in [1.165, 1.54) is 6.07 Å². The van der Waals surface area contributed by atoms with E-state index >= 15 is 0 Å². The highest BCUT2D eigenvalue weighted by Crippen LogP contribution is 2.29. The van der Waals surface area contributed by atoms with Gasteiger partial charge in [-0.1, -0.05) is 24.3 Å². The van der Waals surface area contributed by atoms with E-state index < -0.39 is 11.5 Å². The Hall–Kier alpha value is -4.26. The fraction of sp³-hybridized carbons (Fsp3) is 0.120. The van der Waals surface area contributed by atoms with Gasteiger partial charge < -0.3 is 14.5 Å². The van der Waals surface area contributed by atoms with Crippen LogP contribution in [0.1, 0.15) is 22.8 Å². The first kappa shape index (κ1) is 21.0. The lowest BCUT2D eigenvalue weighted by molar-refractivity contribution is 0.102. The van der Waals surface area contributed by atoms with Crippen molar-refractivity contribution in [1.82, 2.24) is 0 Å². The lowest BCUT2D eigenvalue weighted by atomic mass is 10.1. The molecule has 0 fully saturated rings. The van der Waals surface area contributed by atoms with Gasteiger partial charge in [-0.2, -0.15) is 5.11 Å². The minimum absolute atomic E-state index is 0.0882. The Labute approximate surface area is 184 Å². The first-order valence-electron chi connectivity index (χ1n) is 10.1. The Morgan fingerprint density at radius 3 is 2.66 bits per heavy atom. The average molecular weight is 427 g/mol. The molecule has 4 rings (SSSR count). The van der Waals surface area contributed by atoms with Crippen molar-refractivity contribution in [2.75, 3.05) is 11.9 Å². The topological polar surface area (TPSA) is 93.3 Å². The van der Waals surface area contributed by atoms with Crippen LogP contribution in [0.4, 0.5) is 17.1 Å². The Kier molecular flexibility index (Phi) is 6.07. The van der Waals surface area contributed by atoms with E-state index in [1.807, 2.05) is 56.3 Å². The molecule has 160 valence electrons. The quantitative estimate of drug-likeness (QED) is 0.294. The molecule has 3 aromatic carbocycles. The fourth-order valence-corrected chi connectivity index (χ4v) is 3.18. The molecule has 32 heavy (non-hydrogen) atoms. The summed E-state index contributed by atoms with van der Waals surface area (Å²) >= 11 is 0. The molecule has 7 nitrogen and oxygen atoms in total. The predicted octanol–water partition coefficient (Wildman–Crippen LogP) is 6.17. The molecular formula is C25H21N3O4. The summed E-state index contributed by atoms with van der Waals surface area (Å²) in [4.78, 5) is 25.0. The van der Waals surface area contributed by atoms with E-state index in [9.17, 15) is 9.59 Å². The molecule has 0 atom stereocenters. The molecule has 1 N–H and O–H groups in total. The largest absolute Gasteiger partial charge is 0.492 e. The third-order valence-corrected chi connectivity index (χ3v) is 4.67. The average Bonchev–Trinajstić information content (AvgIpc) is 2.78. The number of fused-ring (bicyclic) bond motifs is 1. The van der Waals surface area contributed by atoms with Crippen LogP contribution in [-0.4, -0.2) is 12.5 Å². The monoisotopic (exact) mass is 427 g/mol. The van der Waals surface area contributed by atoms with Crippen molar-refractivity contribution in [3.63, 3.8) is 0 Å². The van der Waals surface area contributed by atoms with Crippen LogP contribution in [0.2, 0.25) is 0 Å². The second-order valence-corrected chi connectivity index (χ2v) is 7.09. The van der Waals surface area contributed by atoms with Gasteiger partial charge in [-0.25, -0.2) is 4.79 Å². The number of azo groups is 1. The van der Waals surface area contributed by atoms with Gasteiger partial charge in [0, 0.05) is 11.1 Å². The molecule has 0 aliphatic carbocycles. The Morgan fingerprint density at radius 1 is 1.00 bits per heavy atom. The zero-order valence-electron chi connectivity index (χ0n) is 17.7. The number of benzene rings is 3. The van der Waals surface area contributed by atoms with Crippen LogP contribution in [0.25, 0.3) is 11.0 Å². The lowest BCUT2D eigenvalue weighted by Crippen LogP contribution is -2.20. The zero-order valence-corrected chi connectivity index (χ0v) is 17.7. The maximum Gasteiger partial charge on any atom is 0.349 e. The van der Waals surface area contributed by atoms with E-state index in [1.54, 1.807) is 24.3 Å². The second kappa shape index (κ2) is 9.26. The molecule has 1 heterocycles. The Morgan fingerprint density at radius 2 is 1.84 bits per heavy atom. The predicted molar refractivity (Wildman–Crippen MR) is 123 cm³/mol. The van der Waals surface area contributed by atoms with Crippen LogP contribution in [0, 0.1) is 6.92 Å². The van der Waals surface area contributed by atoms with Crippen molar-refractivity contribution >= 4 is 33.9 Å². The Bertz CT molecular complexity index is 1380. The molecule has 0 aliphatic rings. The van der Waals surface area contributed by atoms with Crippen molar-refractivity contribution in [1.29, 1.82) is 0 Å². The summed E-state index contributed by atoms with van der Waals surface area (Å²) in [7, 11) is 0. The number of nitrogens with one attached hydrogen (secondary N) is 1. The van der Waals surface area contributed by atoms with Crippen molar-refractivity contribution in [3.05, 3.63) is 94.3 Å². The minimum Gasteiger partial charge on any atom is -0.492 e. The molecule has 4 aromatic rings. The van der Waals surface area contributed by atoms with Crippen LogP contribution >= 0.6 is 0 Å². The van der Waals surface area contributed by atoms with Crippen LogP contribution < -0.4 is 15.7 Å². The van der Waals surface area contributed by atoms with Gasteiger partial charge in [-0.05, 0) is 67.9 Å². The maximum atomic E-state index is 12.7. The first-order chi connectivity index (χ1) is 15.5. The summed E-state index contributed by atoms with van der Waals surface area (Å²) in [6, 6.07) is 21.2. The number of nitrogens with zero attached hydrogens (tertiary/aromatic N) is 2. The van der Waals surface area contributed by atoms with Gasteiger partial charge in [0.2, 0.25) is 0 Å². The number of carbonyl (C=O) groups excluding carboxylic acids is 1. The molecule has 1 amide bonds. The van der Waals surface area contributed by atoms with Crippen molar-refractivity contribution in [3.8, 4) is 5.75 Å². The highest BCUT2D eigenvalue weighted by atomic mass is 16.5. The summed E-state index contributed by atoms with van der Waals surface area (Å²) in [5.41, 5.74) is 2.31. The van der Waals surface area contributed by atoms with Gasteiger partial charge in [0.25, 0.3) is 5.91 Å². The first-order valence-corrected chi connectivity index (χ1v) is 10.1. The molecular weight excluding hydrogens is 406 g/mol. The maximum absolute atomic E-state index is 12.7. The lowest BCUT2D eigenvalue weighted by Gasteiger charge is -2.06. The van der Waals surface area contributed by atoms with Crippen molar-refractivity contribution < 1.29 is 13.9 Å². The summed E-state index contributed by atoms with van der Waals surface area (Å²) in [6.45, 7) is 4.34. The van der Waals surface area contributed by atoms with Gasteiger partial charge in [-0.15, -0.1) is 5.11 Å². The molecule has 0 saturated heterocycles. The van der Waals surface area contributed by atoms with Crippen molar-refractivity contribution in [2.45, 2.75) is 13.8 Å².